The number of likely N-dealkylation sites (N-methyl/N-ethyl adjacent to an activating group) is 1. The monoisotopic (exact) mass is 293 g/mol. The summed E-state index contributed by atoms with van der Waals surface area (Å²) in [7, 11) is 5.29. The van der Waals surface area contributed by atoms with E-state index in [1.807, 2.05) is 0 Å². The molecule has 1 atom stereocenters. The number of methoxy groups -OCH3 is 1. The molecule has 0 radical (unpaired) electrons. The van der Waals surface area contributed by atoms with Crippen LogP contribution in [0.2, 0.25) is 0 Å². The summed E-state index contributed by atoms with van der Waals surface area (Å²) in [6.07, 6.45) is 3.55. The number of carbonyl (C=O) groups is 1. The van der Waals surface area contributed by atoms with Crippen molar-refractivity contribution >= 4 is 5.91 Å². The molecule has 0 aromatic carbocycles. The first-order valence-corrected chi connectivity index (χ1v) is 7.09. The van der Waals surface area contributed by atoms with Crippen LogP contribution in [0.3, 0.4) is 0 Å². The van der Waals surface area contributed by atoms with Crippen molar-refractivity contribution < 1.29 is 9.53 Å². The average Bonchev–Trinajstić information content (AvgIpc) is 2.69. The Balaban J connectivity index is 2.01. The van der Waals surface area contributed by atoms with Crippen LogP contribution in [-0.2, 0) is 11.3 Å². The third-order valence-corrected chi connectivity index (χ3v) is 3.70. The van der Waals surface area contributed by atoms with Crippen molar-refractivity contribution in [1.29, 1.82) is 0 Å². The fourth-order valence-electron chi connectivity index (χ4n) is 2.54. The number of nitrogens with zero attached hydrogens (tertiary/aromatic N) is 4. The van der Waals surface area contributed by atoms with E-state index in [4.69, 9.17) is 4.74 Å². The quantitative estimate of drug-likeness (QED) is 0.814. The zero-order valence-corrected chi connectivity index (χ0v) is 12.9. The molecular weight excluding hydrogens is 270 g/mol. The minimum absolute atomic E-state index is 0.0123. The van der Waals surface area contributed by atoms with E-state index in [1.54, 1.807) is 26.6 Å². The maximum Gasteiger partial charge on any atom is 0.316 e. The molecule has 1 N–H and O–H groups in total. The van der Waals surface area contributed by atoms with Crippen LogP contribution in [0, 0.1) is 5.92 Å². The first kappa shape index (κ1) is 15.7. The van der Waals surface area contributed by atoms with Crippen molar-refractivity contribution in [3.8, 4) is 6.01 Å². The number of carbonyl (C=O) groups excluding carboxylic acids is 1. The molecule has 7 nitrogen and oxygen atoms in total. The topological polar surface area (TPSA) is 70.6 Å². The van der Waals surface area contributed by atoms with Gasteiger partial charge < -0.3 is 15.0 Å². The first-order chi connectivity index (χ1) is 10.1. The Bertz CT molecular complexity index is 465. The number of hydrogen-bond donors (Lipinski definition) is 1. The Kier molecular flexibility index (Phi) is 5.46. The molecule has 0 bridgehead atoms. The highest BCUT2D eigenvalue weighted by atomic mass is 16.5. The van der Waals surface area contributed by atoms with Crippen LogP contribution in [0.5, 0.6) is 6.01 Å². The third-order valence-electron chi connectivity index (χ3n) is 3.70. The van der Waals surface area contributed by atoms with Crippen LogP contribution in [0.4, 0.5) is 0 Å². The number of ether oxygens (including phenoxy) is 1. The molecule has 1 unspecified atom stereocenters. The minimum Gasteiger partial charge on any atom is -0.467 e. The van der Waals surface area contributed by atoms with Crippen molar-refractivity contribution in [2.24, 2.45) is 5.92 Å². The summed E-state index contributed by atoms with van der Waals surface area (Å²) in [5.74, 6) is 0.0846. The maximum absolute atomic E-state index is 11.9. The Morgan fingerprint density at radius 2 is 2.10 bits per heavy atom. The second-order valence-corrected chi connectivity index (χ2v) is 5.39. The van der Waals surface area contributed by atoms with E-state index in [0.29, 0.717) is 6.01 Å². The standard InChI is InChI=1S/C14H23N5O2/c1-15-13(20)12-9-18(2)4-5-19(10-12)8-11-6-16-14(21-3)17-7-11/h6-7,12H,4-5,8-10H2,1-3H3,(H,15,20). The van der Waals surface area contributed by atoms with Crippen molar-refractivity contribution in [2.75, 3.05) is 47.4 Å². The maximum atomic E-state index is 11.9. The van der Waals surface area contributed by atoms with Gasteiger partial charge in [-0.1, -0.05) is 0 Å². The summed E-state index contributed by atoms with van der Waals surface area (Å²) in [5, 5.41) is 2.75. The van der Waals surface area contributed by atoms with Crippen LogP contribution in [0.15, 0.2) is 12.4 Å². The van der Waals surface area contributed by atoms with Crippen molar-refractivity contribution in [2.45, 2.75) is 6.54 Å². The molecule has 0 spiro atoms. The van der Waals surface area contributed by atoms with E-state index >= 15 is 0 Å². The summed E-state index contributed by atoms with van der Waals surface area (Å²) in [4.78, 5) is 24.7. The van der Waals surface area contributed by atoms with E-state index in [1.165, 1.54) is 0 Å². The molecule has 0 aliphatic carbocycles. The molecule has 1 fully saturated rings. The molecule has 1 aliphatic heterocycles. The summed E-state index contributed by atoms with van der Waals surface area (Å²) in [6.45, 7) is 4.15. The fraction of sp³-hybridized carbons (Fsp3) is 0.643. The van der Waals surface area contributed by atoms with Gasteiger partial charge in [-0.25, -0.2) is 9.97 Å². The van der Waals surface area contributed by atoms with Gasteiger partial charge in [0, 0.05) is 57.7 Å². The van der Waals surface area contributed by atoms with Gasteiger partial charge in [0.15, 0.2) is 0 Å². The van der Waals surface area contributed by atoms with Gasteiger partial charge in [-0.05, 0) is 7.05 Å². The molecule has 1 aromatic heterocycles. The molecule has 116 valence electrons. The highest BCUT2D eigenvalue weighted by Gasteiger charge is 2.25. The Labute approximate surface area is 125 Å². The highest BCUT2D eigenvalue weighted by Crippen LogP contribution is 2.12. The lowest BCUT2D eigenvalue weighted by Crippen LogP contribution is -2.39. The Morgan fingerprint density at radius 3 is 2.71 bits per heavy atom. The largest absolute Gasteiger partial charge is 0.467 e. The summed E-state index contributed by atoms with van der Waals surface area (Å²) in [5.41, 5.74) is 1.02. The molecular formula is C14H23N5O2. The second kappa shape index (κ2) is 7.33. The van der Waals surface area contributed by atoms with Gasteiger partial charge in [-0.3, -0.25) is 9.69 Å². The lowest BCUT2D eigenvalue weighted by molar-refractivity contribution is -0.125. The number of amides is 1. The van der Waals surface area contributed by atoms with E-state index in [-0.39, 0.29) is 11.8 Å². The molecule has 2 rings (SSSR count). The SMILES string of the molecule is CNC(=O)C1CN(C)CCN(Cc2cnc(OC)nc2)C1. The summed E-state index contributed by atoms with van der Waals surface area (Å²) >= 11 is 0. The number of aromatic nitrogens is 2. The van der Waals surface area contributed by atoms with E-state index < -0.39 is 0 Å². The molecule has 7 heteroatoms. The first-order valence-electron chi connectivity index (χ1n) is 7.09. The van der Waals surface area contributed by atoms with Gasteiger partial charge in [0.05, 0.1) is 13.0 Å². The van der Waals surface area contributed by atoms with Gasteiger partial charge in [-0.15, -0.1) is 0 Å². The summed E-state index contributed by atoms with van der Waals surface area (Å²) in [6, 6.07) is 0.373. The van der Waals surface area contributed by atoms with Crippen molar-refractivity contribution in [3.63, 3.8) is 0 Å². The van der Waals surface area contributed by atoms with Crippen LogP contribution in [0.1, 0.15) is 5.56 Å². The van der Waals surface area contributed by atoms with Gasteiger partial charge in [0.2, 0.25) is 5.91 Å². The molecule has 2 heterocycles. The van der Waals surface area contributed by atoms with E-state index in [2.05, 4.69) is 32.1 Å². The average molecular weight is 293 g/mol. The molecule has 1 amide bonds. The van der Waals surface area contributed by atoms with Gasteiger partial charge in [0.1, 0.15) is 0 Å². The van der Waals surface area contributed by atoms with Crippen LogP contribution in [0.25, 0.3) is 0 Å². The fourth-order valence-corrected chi connectivity index (χ4v) is 2.54. The lowest BCUT2D eigenvalue weighted by Gasteiger charge is -2.22. The van der Waals surface area contributed by atoms with E-state index in [0.717, 1.165) is 38.3 Å². The van der Waals surface area contributed by atoms with Crippen LogP contribution in [-0.4, -0.2) is 73.1 Å². The van der Waals surface area contributed by atoms with Crippen LogP contribution >= 0.6 is 0 Å². The lowest BCUT2D eigenvalue weighted by atomic mass is 10.1. The molecule has 1 aliphatic rings. The molecule has 21 heavy (non-hydrogen) atoms. The smallest absolute Gasteiger partial charge is 0.316 e. The normalized spacial score (nSPS) is 20.8. The molecule has 1 aromatic rings. The Morgan fingerprint density at radius 1 is 1.38 bits per heavy atom. The predicted octanol–water partition coefficient (Wildman–Crippen LogP) is -0.405. The zero-order valence-electron chi connectivity index (χ0n) is 12.9. The van der Waals surface area contributed by atoms with E-state index in [9.17, 15) is 4.79 Å². The van der Waals surface area contributed by atoms with Gasteiger partial charge in [0.25, 0.3) is 0 Å². The highest BCUT2D eigenvalue weighted by molar-refractivity contribution is 5.78. The van der Waals surface area contributed by atoms with Crippen LogP contribution < -0.4 is 10.1 Å². The molecule has 0 saturated carbocycles. The predicted molar refractivity (Wildman–Crippen MR) is 78.9 cm³/mol. The third kappa shape index (κ3) is 4.37. The van der Waals surface area contributed by atoms with Crippen molar-refractivity contribution in [3.05, 3.63) is 18.0 Å². The number of hydrogen-bond acceptors (Lipinski definition) is 6. The number of nitrogens with one attached hydrogen (secondary N) is 1. The van der Waals surface area contributed by atoms with Gasteiger partial charge in [-0.2, -0.15) is 0 Å². The zero-order chi connectivity index (χ0) is 15.2. The van der Waals surface area contributed by atoms with Gasteiger partial charge >= 0.3 is 6.01 Å². The summed E-state index contributed by atoms with van der Waals surface area (Å²) < 4.78 is 4.96. The van der Waals surface area contributed by atoms with Crippen molar-refractivity contribution in [1.82, 2.24) is 25.1 Å². The molecule has 1 saturated heterocycles. The Hall–Kier alpha value is -1.73. The number of rotatable bonds is 4. The minimum atomic E-state index is -0.0123. The second-order valence-electron chi connectivity index (χ2n) is 5.39.